The van der Waals surface area contributed by atoms with Gasteiger partial charge in [-0.3, -0.25) is 0 Å². The van der Waals surface area contributed by atoms with Gasteiger partial charge in [-0.25, -0.2) is 14.8 Å². The smallest absolute Gasteiger partial charge is 0.353 e. The van der Waals surface area contributed by atoms with Crippen LogP contribution in [0.4, 0.5) is 29.5 Å². The van der Waals surface area contributed by atoms with Crippen LogP contribution in [0.15, 0.2) is 48.5 Å². The minimum absolute atomic E-state index is 0.151. The summed E-state index contributed by atoms with van der Waals surface area (Å²) >= 11 is 0. The van der Waals surface area contributed by atoms with Gasteiger partial charge in [-0.05, 0) is 49.6 Å². The van der Waals surface area contributed by atoms with Crippen molar-refractivity contribution < 1.29 is 18.0 Å². The van der Waals surface area contributed by atoms with E-state index in [4.69, 9.17) is 4.98 Å². The molecule has 2 amide bonds. The van der Waals surface area contributed by atoms with E-state index in [2.05, 4.69) is 22.1 Å². The van der Waals surface area contributed by atoms with Crippen LogP contribution in [0.3, 0.4) is 0 Å². The molecule has 36 heavy (non-hydrogen) atoms. The van der Waals surface area contributed by atoms with Gasteiger partial charge in [0.25, 0.3) is 0 Å². The van der Waals surface area contributed by atoms with E-state index in [0.29, 0.717) is 44.0 Å². The molecule has 1 aliphatic heterocycles. The third kappa shape index (κ3) is 5.61. The van der Waals surface area contributed by atoms with Crippen molar-refractivity contribution in [2.75, 3.05) is 36.4 Å². The second-order valence-corrected chi connectivity index (χ2v) is 8.83. The SMILES string of the molecule is CCc1cccc(NC(=O)N2CCN(c3nc(-c4cccc(C(F)(F)F)c4)nc(C)c3CC)CC2)c1. The van der Waals surface area contributed by atoms with Gasteiger partial charge in [0.1, 0.15) is 5.82 Å². The molecule has 0 spiro atoms. The Morgan fingerprint density at radius 2 is 1.69 bits per heavy atom. The Balaban J connectivity index is 1.52. The molecule has 1 aliphatic rings. The molecule has 0 atom stereocenters. The number of benzene rings is 2. The van der Waals surface area contributed by atoms with Crippen LogP contribution in [0.2, 0.25) is 0 Å². The average molecular weight is 498 g/mol. The fourth-order valence-electron chi connectivity index (χ4n) is 4.41. The molecule has 1 fully saturated rings. The lowest BCUT2D eigenvalue weighted by atomic mass is 10.1. The fourth-order valence-corrected chi connectivity index (χ4v) is 4.41. The second-order valence-electron chi connectivity index (χ2n) is 8.83. The molecule has 9 heteroatoms. The van der Waals surface area contributed by atoms with Crippen molar-refractivity contribution in [1.82, 2.24) is 14.9 Å². The number of nitrogens with one attached hydrogen (secondary N) is 1. The van der Waals surface area contributed by atoms with Gasteiger partial charge in [0.05, 0.1) is 5.56 Å². The van der Waals surface area contributed by atoms with Crippen molar-refractivity contribution in [3.8, 4) is 11.4 Å². The maximum atomic E-state index is 13.2. The number of amides is 2. The minimum Gasteiger partial charge on any atom is -0.353 e. The van der Waals surface area contributed by atoms with Crippen molar-refractivity contribution >= 4 is 17.5 Å². The molecule has 1 N–H and O–H groups in total. The first-order chi connectivity index (χ1) is 17.2. The molecule has 190 valence electrons. The number of alkyl halides is 3. The lowest BCUT2D eigenvalue weighted by Gasteiger charge is -2.36. The Morgan fingerprint density at radius 3 is 2.36 bits per heavy atom. The van der Waals surface area contributed by atoms with Gasteiger partial charge in [-0.1, -0.05) is 38.1 Å². The lowest BCUT2D eigenvalue weighted by Crippen LogP contribution is -2.50. The van der Waals surface area contributed by atoms with Crippen molar-refractivity contribution in [3.05, 3.63) is 70.9 Å². The lowest BCUT2D eigenvalue weighted by molar-refractivity contribution is -0.137. The normalized spacial score (nSPS) is 14.2. The molecule has 0 bridgehead atoms. The number of rotatable bonds is 5. The van der Waals surface area contributed by atoms with Crippen LogP contribution in [-0.2, 0) is 19.0 Å². The molecule has 2 aromatic carbocycles. The van der Waals surface area contributed by atoms with E-state index in [0.717, 1.165) is 41.1 Å². The van der Waals surface area contributed by atoms with Crippen LogP contribution in [0.25, 0.3) is 11.4 Å². The number of urea groups is 1. The largest absolute Gasteiger partial charge is 0.416 e. The fraction of sp³-hybridized carbons (Fsp3) is 0.370. The zero-order chi connectivity index (χ0) is 25.9. The molecule has 0 saturated carbocycles. The highest BCUT2D eigenvalue weighted by Gasteiger charge is 2.31. The molecule has 0 radical (unpaired) electrons. The molecular formula is C27H30F3N5O. The van der Waals surface area contributed by atoms with Crippen LogP contribution in [-0.4, -0.2) is 47.1 Å². The van der Waals surface area contributed by atoms with Crippen LogP contribution in [0.1, 0.15) is 36.2 Å². The van der Waals surface area contributed by atoms with Gasteiger partial charge in [-0.2, -0.15) is 13.2 Å². The number of piperazine rings is 1. The molecule has 3 aromatic rings. The van der Waals surface area contributed by atoms with Crippen LogP contribution in [0.5, 0.6) is 0 Å². The molecule has 0 unspecified atom stereocenters. The highest BCUT2D eigenvalue weighted by Crippen LogP contribution is 2.33. The maximum Gasteiger partial charge on any atom is 0.416 e. The zero-order valence-electron chi connectivity index (χ0n) is 20.7. The molecular weight excluding hydrogens is 467 g/mol. The van der Waals surface area contributed by atoms with Crippen molar-refractivity contribution in [3.63, 3.8) is 0 Å². The molecule has 1 saturated heterocycles. The number of hydrogen-bond donors (Lipinski definition) is 1. The molecule has 0 aliphatic carbocycles. The van der Waals surface area contributed by atoms with Crippen LogP contribution >= 0.6 is 0 Å². The summed E-state index contributed by atoms with van der Waals surface area (Å²) in [4.78, 5) is 25.9. The number of aromatic nitrogens is 2. The summed E-state index contributed by atoms with van der Waals surface area (Å²) in [6.07, 6.45) is -2.85. The van der Waals surface area contributed by atoms with E-state index in [9.17, 15) is 18.0 Å². The monoisotopic (exact) mass is 497 g/mol. The summed E-state index contributed by atoms with van der Waals surface area (Å²) in [5, 5.41) is 2.97. The molecule has 6 nitrogen and oxygen atoms in total. The van der Waals surface area contributed by atoms with E-state index in [1.54, 1.807) is 11.0 Å². The number of anilines is 2. The number of halogens is 3. The van der Waals surface area contributed by atoms with Crippen molar-refractivity contribution in [2.45, 2.75) is 39.8 Å². The summed E-state index contributed by atoms with van der Waals surface area (Å²) in [5.74, 6) is 0.981. The van der Waals surface area contributed by atoms with Gasteiger partial charge < -0.3 is 15.1 Å². The zero-order valence-corrected chi connectivity index (χ0v) is 20.7. The van der Waals surface area contributed by atoms with Gasteiger partial charge in [0.2, 0.25) is 0 Å². The number of carbonyl (C=O) groups is 1. The third-order valence-electron chi connectivity index (χ3n) is 6.45. The summed E-state index contributed by atoms with van der Waals surface area (Å²) < 4.78 is 39.7. The summed E-state index contributed by atoms with van der Waals surface area (Å²) in [6.45, 7) is 8.07. The van der Waals surface area contributed by atoms with Crippen molar-refractivity contribution in [1.29, 1.82) is 0 Å². The number of aryl methyl sites for hydroxylation is 2. The maximum absolute atomic E-state index is 13.2. The van der Waals surface area contributed by atoms with E-state index in [-0.39, 0.29) is 11.9 Å². The standard InChI is InChI=1S/C27H30F3N5O/c1-4-19-8-6-11-22(16-19)32-26(36)35-14-12-34(13-15-35)25-23(5-2)18(3)31-24(33-25)20-9-7-10-21(17-20)27(28,29)30/h6-11,16-17H,4-5,12-15H2,1-3H3,(H,32,36). The first-order valence-corrected chi connectivity index (χ1v) is 12.1. The quantitative estimate of drug-likeness (QED) is 0.473. The Bertz CT molecular complexity index is 1240. The Hall–Kier alpha value is -3.62. The van der Waals surface area contributed by atoms with Crippen LogP contribution < -0.4 is 10.2 Å². The summed E-state index contributed by atoms with van der Waals surface area (Å²) in [6, 6.07) is 12.7. The number of hydrogen-bond acceptors (Lipinski definition) is 4. The van der Waals surface area contributed by atoms with E-state index < -0.39 is 11.7 Å². The van der Waals surface area contributed by atoms with Crippen LogP contribution in [0, 0.1) is 6.92 Å². The predicted octanol–water partition coefficient (Wildman–Crippen LogP) is 5.95. The summed E-state index contributed by atoms with van der Waals surface area (Å²) in [7, 11) is 0. The van der Waals surface area contributed by atoms with Gasteiger partial charge in [0, 0.05) is 48.7 Å². The van der Waals surface area contributed by atoms with E-state index >= 15 is 0 Å². The molecule has 2 heterocycles. The number of nitrogens with zero attached hydrogens (tertiary/aromatic N) is 4. The van der Waals surface area contributed by atoms with Crippen molar-refractivity contribution in [2.24, 2.45) is 0 Å². The summed E-state index contributed by atoms with van der Waals surface area (Å²) in [5.41, 5.74) is 3.22. The van der Waals surface area contributed by atoms with Gasteiger partial charge >= 0.3 is 12.2 Å². The van der Waals surface area contributed by atoms with E-state index in [1.165, 1.54) is 6.07 Å². The topological polar surface area (TPSA) is 61.4 Å². The average Bonchev–Trinajstić information content (AvgIpc) is 2.88. The van der Waals surface area contributed by atoms with Gasteiger partial charge in [-0.15, -0.1) is 0 Å². The Kier molecular flexibility index (Phi) is 7.47. The molecule has 4 rings (SSSR count). The highest BCUT2D eigenvalue weighted by molar-refractivity contribution is 5.89. The Morgan fingerprint density at radius 1 is 0.972 bits per heavy atom. The predicted molar refractivity (Wildman–Crippen MR) is 135 cm³/mol. The van der Waals surface area contributed by atoms with E-state index in [1.807, 2.05) is 38.1 Å². The Labute approximate surface area is 209 Å². The highest BCUT2D eigenvalue weighted by atomic mass is 19.4. The molecule has 1 aromatic heterocycles. The second kappa shape index (κ2) is 10.6. The van der Waals surface area contributed by atoms with Gasteiger partial charge in [0.15, 0.2) is 5.82 Å². The minimum atomic E-state index is -4.44. The first-order valence-electron chi connectivity index (χ1n) is 12.1. The number of carbonyl (C=O) groups excluding carboxylic acids is 1. The first kappa shape index (κ1) is 25.5. The third-order valence-corrected chi connectivity index (χ3v) is 6.45.